The first-order valence-corrected chi connectivity index (χ1v) is 8.21. The summed E-state index contributed by atoms with van der Waals surface area (Å²) in [5.74, 6) is 0.575. The molecule has 6 nitrogen and oxygen atoms in total. The minimum absolute atomic E-state index is 0.142. The van der Waals surface area contributed by atoms with Gasteiger partial charge in [-0.25, -0.2) is 18.1 Å². The normalized spacial score (nSPS) is 19.6. The Balaban J connectivity index is 2.16. The highest BCUT2D eigenvalue weighted by Gasteiger charge is 2.23. The summed E-state index contributed by atoms with van der Waals surface area (Å²) in [5, 5.41) is 2.78. The Kier molecular flexibility index (Phi) is 4.77. The number of pyridine rings is 1. The monoisotopic (exact) mass is 349 g/mol. The third-order valence-corrected chi connectivity index (χ3v) is 4.80. The fraction of sp³-hybridized carbons (Fsp3) is 0.545. The van der Waals surface area contributed by atoms with Crippen molar-refractivity contribution in [2.24, 2.45) is 5.92 Å². The lowest BCUT2D eigenvalue weighted by molar-refractivity contribution is 0.186. The van der Waals surface area contributed by atoms with Gasteiger partial charge in [-0.15, -0.1) is 0 Å². The fourth-order valence-electron chi connectivity index (χ4n) is 1.86. The van der Waals surface area contributed by atoms with E-state index in [-0.39, 0.29) is 10.8 Å². The van der Waals surface area contributed by atoms with Crippen LogP contribution >= 0.6 is 15.9 Å². The van der Waals surface area contributed by atoms with Crippen molar-refractivity contribution in [3.05, 3.63) is 16.7 Å². The summed E-state index contributed by atoms with van der Waals surface area (Å²) >= 11 is 3.23. The second-order valence-electron chi connectivity index (χ2n) is 4.33. The molecule has 2 heterocycles. The van der Waals surface area contributed by atoms with Gasteiger partial charge in [-0.1, -0.05) is 0 Å². The van der Waals surface area contributed by atoms with Crippen molar-refractivity contribution in [2.75, 3.05) is 32.1 Å². The molecule has 0 spiro atoms. The van der Waals surface area contributed by atoms with Crippen LogP contribution in [0.5, 0.6) is 0 Å². The SMILES string of the molecule is CNc1ncc(Br)cc1S(=O)(=O)NCC1CCOC1. The number of aromatic nitrogens is 1. The summed E-state index contributed by atoms with van der Waals surface area (Å²) < 4.78 is 33.0. The second kappa shape index (κ2) is 6.17. The van der Waals surface area contributed by atoms with Gasteiger partial charge in [0.15, 0.2) is 0 Å². The van der Waals surface area contributed by atoms with Gasteiger partial charge in [0, 0.05) is 30.9 Å². The molecule has 1 aromatic heterocycles. The highest BCUT2D eigenvalue weighted by atomic mass is 79.9. The molecule has 0 radical (unpaired) electrons. The minimum Gasteiger partial charge on any atom is -0.381 e. The minimum atomic E-state index is -3.57. The quantitative estimate of drug-likeness (QED) is 0.834. The van der Waals surface area contributed by atoms with E-state index < -0.39 is 10.0 Å². The number of rotatable bonds is 5. The van der Waals surface area contributed by atoms with Crippen LogP contribution in [0.15, 0.2) is 21.6 Å². The van der Waals surface area contributed by atoms with Crippen molar-refractivity contribution in [1.29, 1.82) is 0 Å². The number of nitrogens with one attached hydrogen (secondary N) is 2. The van der Waals surface area contributed by atoms with Crippen LogP contribution in [0.2, 0.25) is 0 Å². The highest BCUT2D eigenvalue weighted by molar-refractivity contribution is 9.10. The van der Waals surface area contributed by atoms with Crippen LogP contribution in [0.3, 0.4) is 0 Å². The Morgan fingerprint density at radius 3 is 3.00 bits per heavy atom. The maximum Gasteiger partial charge on any atom is 0.244 e. The van der Waals surface area contributed by atoms with E-state index in [1.165, 1.54) is 6.07 Å². The van der Waals surface area contributed by atoms with E-state index in [9.17, 15) is 8.42 Å². The van der Waals surface area contributed by atoms with Crippen LogP contribution < -0.4 is 10.0 Å². The number of nitrogens with zero attached hydrogens (tertiary/aromatic N) is 1. The van der Waals surface area contributed by atoms with Gasteiger partial charge < -0.3 is 10.1 Å². The van der Waals surface area contributed by atoms with Gasteiger partial charge in [0.1, 0.15) is 10.7 Å². The molecule has 1 atom stereocenters. The van der Waals surface area contributed by atoms with Crippen molar-refractivity contribution in [3.8, 4) is 0 Å². The van der Waals surface area contributed by atoms with Gasteiger partial charge in [-0.3, -0.25) is 0 Å². The maximum atomic E-state index is 12.3. The molecule has 1 saturated heterocycles. The average molecular weight is 350 g/mol. The number of halogens is 1. The Morgan fingerprint density at radius 2 is 2.37 bits per heavy atom. The standard InChI is InChI=1S/C11H16BrN3O3S/c1-13-11-10(4-9(12)6-14-11)19(16,17)15-5-8-2-3-18-7-8/h4,6,8,15H,2-3,5,7H2,1H3,(H,13,14). The summed E-state index contributed by atoms with van der Waals surface area (Å²) in [6.45, 7) is 1.70. The van der Waals surface area contributed by atoms with E-state index in [4.69, 9.17) is 4.74 Å². The second-order valence-corrected chi connectivity index (χ2v) is 6.98. The van der Waals surface area contributed by atoms with Crippen molar-refractivity contribution in [2.45, 2.75) is 11.3 Å². The van der Waals surface area contributed by atoms with Crippen molar-refractivity contribution in [3.63, 3.8) is 0 Å². The van der Waals surface area contributed by atoms with Crippen LogP contribution in [0.4, 0.5) is 5.82 Å². The molecule has 8 heteroatoms. The molecular formula is C11H16BrN3O3S. The zero-order valence-corrected chi connectivity index (χ0v) is 12.9. The fourth-order valence-corrected chi connectivity index (χ4v) is 3.65. The molecule has 0 aliphatic carbocycles. The molecule has 0 amide bonds. The third-order valence-electron chi connectivity index (χ3n) is 2.93. The molecule has 1 aliphatic rings. The molecule has 19 heavy (non-hydrogen) atoms. The molecule has 2 rings (SSSR count). The summed E-state index contributed by atoms with van der Waals surface area (Å²) in [6, 6.07) is 1.53. The topological polar surface area (TPSA) is 80.3 Å². The zero-order chi connectivity index (χ0) is 13.9. The molecule has 1 unspecified atom stereocenters. The van der Waals surface area contributed by atoms with Crippen LogP contribution in [-0.2, 0) is 14.8 Å². The zero-order valence-electron chi connectivity index (χ0n) is 10.5. The lowest BCUT2D eigenvalue weighted by atomic mass is 10.1. The van der Waals surface area contributed by atoms with Crippen LogP contribution in [0.1, 0.15) is 6.42 Å². The van der Waals surface area contributed by atoms with Crippen LogP contribution in [0.25, 0.3) is 0 Å². The van der Waals surface area contributed by atoms with Gasteiger partial charge in [-0.05, 0) is 34.3 Å². The molecule has 1 fully saturated rings. The molecule has 106 valence electrons. The van der Waals surface area contributed by atoms with E-state index in [0.717, 1.165) is 6.42 Å². The van der Waals surface area contributed by atoms with Crippen molar-refractivity contribution >= 4 is 31.8 Å². The Hall–Kier alpha value is -0.700. The molecular weight excluding hydrogens is 334 g/mol. The van der Waals surface area contributed by atoms with Crippen LogP contribution in [-0.4, -0.2) is 40.2 Å². The van der Waals surface area contributed by atoms with Gasteiger partial charge in [0.05, 0.1) is 6.61 Å². The molecule has 0 saturated carbocycles. The highest BCUT2D eigenvalue weighted by Crippen LogP contribution is 2.22. The summed E-state index contributed by atoms with van der Waals surface area (Å²) in [7, 11) is -1.93. The average Bonchev–Trinajstić information content (AvgIpc) is 2.89. The predicted molar refractivity (Wildman–Crippen MR) is 75.6 cm³/mol. The van der Waals surface area contributed by atoms with Crippen molar-refractivity contribution < 1.29 is 13.2 Å². The first-order valence-electron chi connectivity index (χ1n) is 5.93. The van der Waals surface area contributed by atoms with Crippen LogP contribution in [0, 0.1) is 5.92 Å². The lowest BCUT2D eigenvalue weighted by Gasteiger charge is -2.13. The molecule has 0 aromatic carbocycles. The lowest BCUT2D eigenvalue weighted by Crippen LogP contribution is -2.30. The van der Waals surface area contributed by atoms with E-state index in [2.05, 4.69) is 31.0 Å². The number of hydrogen-bond donors (Lipinski definition) is 2. The Labute approximate surface area is 121 Å². The van der Waals surface area contributed by atoms with E-state index in [1.807, 2.05) is 0 Å². The number of hydrogen-bond acceptors (Lipinski definition) is 5. The summed E-state index contributed by atoms with van der Waals surface area (Å²) in [4.78, 5) is 4.18. The third kappa shape index (κ3) is 3.65. The molecule has 2 N–H and O–H groups in total. The van der Waals surface area contributed by atoms with Gasteiger partial charge >= 0.3 is 0 Å². The van der Waals surface area contributed by atoms with Gasteiger partial charge in [0.2, 0.25) is 10.0 Å². The maximum absolute atomic E-state index is 12.3. The van der Waals surface area contributed by atoms with Gasteiger partial charge in [0.25, 0.3) is 0 Å². The summed E-state index contributed by atoms with van der Waals surface area (Å²) in [5.41, 5.74) is 0. The number of ether oxygens (including phenoxy) is 1. The summed E-state index contributed by atoms with van der Waals surface area (Å²) in [6.07, 6.45) is 2.44. The molecule has 1 aliphatic heterocycles. The largest absolute Gasteiger partial charge is 0.381 e. The van der Waals surface area contributed by atoms with E-state index in [0.29, 0.717) is 30.0 Å². The number of sulfonamides is 1. The van der Waals surface area contributed by atoms with Gasteiger partial charge in [-0.2, -0.15) is 0 Å². The predicted octanol–water partition coefficient (Wildman–Crippen LogP) is 1.20. The smallest absolute Gasteiger partial charge is 0.244 e. The Morgan fingerprint density at radius 1 is 1.58 bits per heavy atom. The number of anilines is 1. The molecule has 1 aromatic rings. The van der Waals surface area contributed by atoms with E-state index in [1.54, 1.807) is 13.2 Å². The first-order chi connectivity index (χ1) is 9.03. The van der Waals surface area contributed by atoms with E-state index >= 15 is 0 Å². The Bertz CT molecular complexity index is 544. The van der Waals surface area contributed by atoms with Crippen molar-refractivity contribution in [1.82, 2.24) is 9.71 Å². The molecule has 0 bridgehead atoms. The first kappa shape index (κ1) is 14.7.